The molecular weight excluding hydrogens is 306 g/mol. The summed E-state index contributed by atoms with van der Waals surface area (Å²) in [4.78, 5) is 21.4. The maximum atomic E-state index is 11.0. The van der Waals surface area contributed by atoms with Crippen LogP contribution in [-0.4, -0.2) is 17.6 Å². The summed E-state index contributed by atoms with van der Waals surface area (Å²) in [7, 11) is 0. The summed E-state index contributed by atoms with van der Waals surface area (Å²) in [5, 5.41) is 3.14. The molecule has 0 aliphatic carbocycles. The van der Waals surface area contributed by atoms with E-state index in [1.807, 2.05) is 45.0 Å². The minimum Gasteiger partial charge on any atom is -0.304 e. The minimum atomic E-state index is -0.0945. The standard InChI is InChI=1S/C11H15NOS.C3H6O.C3H8.C2H6/c1-8(9(2)13)12-7-10-5-3-4-6-11(10)14;1-3(2)4;1-3-2;1-2/h3-6,8,12,14H,7H2,1-2H3;1-2H3;3H2,1-2H3;1-2H3. The van der Waals surface area contributed by atoms with E-state index in [1.165, 1.54) is 20.3 Å². The van der Waals surface area contributed by atoms with Gasteiger partial charge < -0.3 is 10.1 Å². The van der Waals surface area contributed by atoms with E-state index < -0.39 is 0 Å². The van der Waals surface area contributed by atoms with Gasteiger partial charge in [0.25, 0.3) is 0 Å². The highest BCUT2D eigenvalue weighted by Crippen LogP contribution is 2.12. The van der Waals surface area contributed by atoms with Crippen LogP contribution in [0.2, 0.25) is 0 Å². The van der Waals surface area contributed by atoms with E-state index in [-0.39, 0.29) is 17.6 Å². The first-order valence-electron chi connectivity index (χ1n) is 8.24. The van der Waals surface area contributed by atoms with Gasteiger partial charge in [-0.05, 0) is 39.3 Å². The van der Waals surface area contributed by atoms with Gasteiger partial charge in [0.15, 0.2) is 0 Å². The molecule has 0 aliphatic heterocycles. The summed E-state index contributed by atoms with van der Waals surface area (Å²) < 4.78 is 0. The van der Waals surface area contributed by atoms with Crippen molar-refractivity contribution in [3.05, 3.63) is 29.8 Å². The summed E-state index contributed by atoms with van der Waals surface area (Å²) in [5.41, 5.74) is 1.11. The van der Waals surface area contributed by atoms with Crippen molar-refractivity contribution in [1.29, 1.82) is 0 Å². The first kappa shape index (κ1) is 26.8. The largest absolute Gasteiger partial charge is 0.304 e. The SMILES string of the molecule is CC.CC(=O)C(C)NCc1ccccc1S.CC(C)=O.CCC. The van der Waals surface area contributed by atoms with Crippen LogP contribution in [0.3, 0.4) is 0 Å². The monoisotopic (exact) mass is 341 g/mol. The summed E-state index contributed by atoms with van der Waals surface area (Å²) in [5.74, 6) is 0.321. The average Bonchev–Trinajstić information content (AvgIpc) is 2.48. The van der Waals surface area contributed by atoms with Crippen LogP contribution in [0.4, 0.5) is 0 Å². The zero-order valence-corrected chi connectivity index (χ0v) is 17.0. The Morgan fingerprint density at radius 1 is 1.09 bits per heavy atom. The van der Waals surface area contributed by atoms with Gasteiger partial charge in [-0.15, -0.1) is 12.6 Å². The van der Waals surface area contributed by atoms with Crippen molar-refractivity contribution in [2.24, 2.45) is 0 Å². The molecule has 0 spiro atoms. The second-order valence-corrected chi connectivity index (χ2v) is 5.44. The van der Waals surface area contributed by atoms with Gasteiger partial charge in [-0.2, -0.15) is 0 Å². The highest BCUT2D eigenvalue weighted by atomic mass is 32.1. The molecule has 1 atom stereocenters. The molecule has 0 aromatic heterocycles. The van der Waals surface area contributed by atoms with E-state index in [9.17, 15) is 9.59 Å². The highest BCUT2D eigenvalue weighted by molar-refractivity contribution is 7.80. The number of rotatable bonds is 4. The Morgan fingerprint density at radius 2 is 1.48 bits per heavy atom. The third kappa shape index (κ3) is 20.9. The fourth-order valence-corrected chi connectivity index (χ4v) is 1.31. The van der Waals surface area contributed by atoms with Crippen LogP contribution in [-0.2, 0) is 16.1 Å². The number of ketones is 2. The van der Waals surface area contributed by atoms with Gasteiger partial charge >= 0.3 is 0 Å². The second-order valence-electron chi connectivity index (χ2n) is 4.96. The lowest BCUT2D eigenvalue weighted by Gasteiger charge is -2.11. The van der Waals surface area contributed by atoms with Gasteiger partial charge in [0.05, 0.1) is 6.04 Å². The summed E-state index contributed by atoms with van der Waals surface area (Å²) in [6.07, 6.45) is 1.25. The zero-order chi connectivity index (χ0) is 18.8. The molecule has 23 heavy (non-hydrogen) atoms. The van der Waals surface area contributed by atoms with Crippen LogP contribution in [0.15, 0.2) is 29.2 Å². The molecule has 0 saturated heterocycles. The van der Waals surface area contributed by atoms with E-state index in [0.29, 0.717) is 6.54 Å². The Morgan fingerprint density at radius 3 is 1.83 bits per heavy atom. The molecule has 1 rings (SSSR count). The van der Waals surface area contributed by atoms with Gasteiger partial charge in [0.1, 0.15) is 11.6 Å². The van der Waals surface area contributed by atoms with Gasteiger partial charge in [-0.3, -0.25) is 4.79 Å². The predicted molar refractivity (Wildman–Crippen MR) is 104 cm³/mol. The van der Waals surface area contributed by atoms with Gasteiger partial charge in [-0.1, -0.05) is 52.3 Å². The maximum absolute atomic E-state index is 11.0. The Labute approximate surface area is 148 Å². The lowest BCUT2D eigenvalue weighted by molar-refractivity contribution is -0.118. The van der Waals surface area contributed by atoms with Crippen LogP contribution in [0, 0.1) is 0 Å². The van der Waals surface area contributed by atoms with Crippen molar-refractivity contribution in [2.75, 3.05) is 0 Å². The molecule has 0 heterocycles. The molecule has 1 aromatic carbocycles. The number of carbonyl (C=O) groups excluding carboxylic acids is 2. The number of hydrogen-bond donors (Lipinski definition) is 2. The van der Waals surface area contributed by atoms with Gasteiger partial charge in [0.2, 0.25) is 0 Å². The minimum absolute atomic E-state index is 0.0945. The quantitative estimate of drug-likeness (QED) is 0.751. The van der Waals surface area contributed by atoms with Gasteiger partial charge in [0, 0.05) is 11.4 Å². The summed E-state index contributed by atoms with van der Waals surface area (Å²) >= 11 is 4.33. The number of nitrogens with one attached hydrogen (secondary N) is 1. The third-order valence-corrected chi connectivity index (χ3v) is 2.64. The molecule has 4 heteroatoms. The molecule has 0 radical (unpaired) electrons. The van der Waals surface area contributed by atoms with E-state index in [1.54, 1.807) is 6.92 Å². The summed E-state index contributed by atoms with van der Waals surface area (Å²) in [6, 6.07) is 7.76. The van der Waals surface area contributed by atoms with E-state index in [4.69, 9.17) is 0 Å². The van der Waals surface area contributed by atoms with E-state index in [2.05, 4.69) is 31.8 Å². The number of benzene rings is 1. The molecular formula is C19H35NO2S. The lowest BCUT2D eigenvalue weighted by atomic mass is 10.2. The van der Waals surface area contributed by atoms with Crippen molar-refractivity contribution in [3.8, 4) is 0 Å². The van der Waals surface area contributed by atoms with Crippen LogP contribution >= 0.6 is 12.6 Å². The normalized spacial score (nSPS) is 9.78. The molecule has 0 amide bonds. The van der Waals surface area contributed by atoms with Crippen molar-refractivity contribution in [2.45, 2.75) is 79.3 Å². The van der Waals surface area contributed by atoms with Crippen molar-refractivity contribution in [1.82, 2.24) is 5.32 Å². The van der Waals surface area contributed by atoms with E-state index >= 15 is 0 Å². The molecule has 0 aliphatic rings. The van der Waals surface area contributed by atoms with Crippen molar-refractivity contribution < 1.29 is 9.59 Å². The van der Waals surface area contributed by atoms with Gasteiger partial charge in [-0.25, -0.2) is 0 Å². The zero-order valence-electron chi connectivity index (χ0n) is 16.1. The van der Waals surface area contributed by atoms with Crippen LogP contribution in [0.5, 0.6) is 0 Å². The maximum Gasteiger partial charge on any atom is 0.146 e. The molecule has 0 fully saturated rings. The molecule has 1 N–H and O–H groups in total. The highest BCUT2D eigenvalue weighted by Gasteiger charge is 2.06. The number of Topliss-reactive ketones (excluding diaryl/α,β-unsaturated/α-hetero) is 2. The second kappa shape index (κ2) is 18.9. The predicted octanol–water partition coefficient (Wildman–Crippen LogP) is 5.08. The number of thiol groups is 1. The fraction of sp³-hybridized carbons (Fsp3) is 0.579. The molecule has 1 unspecified atom stereocenters. The fourth-order valence-electron chi connectivity index (χ4n) is 1.07. The third-order valence-electron chi connectivity index (χ3n) is 2.20. The molecule has 0 saturated carbocycles. The average molecular weight is 342 g/mol. The molecule has 1 aromatic rings. The first-order chi connectivity index (χ1) is 10.8. The van der Waals surface area contributed by atoms with Crippen LogP contribution in [0.1, 0.15) is 67.4 Å². The van der Waals surface area contributed by atoms with Crippen molar-refractivity contribution in [3.63, 3.8) is 0 Å². The number of hydrogen-bond acceptors (Lipinski definition) is 4. The first-order valence-corrected chi connectivity index (χ1v) is 8.68. The number of carbonyl (C=O) groups is 2. The van der Waals surface area contributed by atoms with E-state index in [0.717, 1.165) is 10.5 Å². The van der Waals surface area contributed by atoms with Crippen LogP contribution in [0.25, 0.3) is 0 Å². The molecule has 0 bridgehead atoms. The Balaban J connectivity index is -0.000000372. The van der Waals surface area contributed by atoms with Crippen molar-refractivity contribution >= 4 is 24.2 Å². The topological polar surface area (TPSA) is 46.2 Å². The Kier molecular flexibility index (Phi) is 22.0. The molecule has 134 valence electrons. The Hall–Kier alpha value is -1.13. The van der Waals surface area contributed by atoms with Crippen LogP contribution < -0.4 is 5.32 Å². The summed E-state index contributed by atoms with van der Waals surface area (Å²) in [6.45, 7) is 15.4. The lowest BCUT2D eigenvalue weighted by Crippen LogP contribution is -2.31. The Bertz CT molecular complexity index is 416. The molecule has 3 nitrogen and oxygen atoms in total. The smallest absolute Gasteiger partial charge is 0.146 e.